The molecule has 0 aliphatic rings. The third-order valence-corrected chi connectivity index (χ3v) is 3.51. The number of nitrogens with one attached hydrogen (secondary N) is 2. The minimum atomic E-state index is -0.0179. The van der Waals surface area contributed by atoms with E-state index in [0.29, 0.717) is 5.82 Å². The lowest BCUT2D eigenvalue weighted by molar-refractivity contribution is 0.475. The largest absolute Gasteiger partial charge is 0.508 e. The van der Waals surface area contributed by atoms with E-state index < -0.39 is 0 Å². The second-order valence-electron chi connectivity index (χ2n) is 4.85. The van der Waals surface area contributed by atoms with Crippen LogP contribution in [-0.4, -0.2) is 28.0 Å². The van der Waals surface area contributed by atoms with Crippen molar-refractivity contribution in [2.45, 2.75) is 0 Å². The Bertz CT molecular complexity index is 916. The third kappa shape index (κ3) is 2.20. The van der Waals surface area contributed by atoms with Gasteiger partial charge in [0.2, 0.25) is 5.62 Å². The predicted octanol–water partition coefficient (Wildman–Crippen LogP) is 2.44. The van der Waals surface area contributed by atoms with Crippen LogP contribution in [0.15, 0.2) is 48.5 Å². The van der Waals surface area contributed by atoms with Gasteiger partial charge in [-0.2, -0.15) is 4.98 Å². The molecule has 6 nitrogen and oxygen atoms in total. The quantitative estimate of drug-likeness (QED) is 0.512. The van der Waals surface area contributed by atoms with E-state index in [2.05, 4.69) is 4.98 Å². The monoisotopic (exact) mass is 293 g/mol. The van der Waals surface area contributed by atoms with Crippen molar-refractivity contribution >= 4 is 28.7 Å². The second kappa shape index (κ2) is 5.33. The molecule has 6 heteroatoms. The Labute approximate surface area is 126 Å². The molecule has 0 amide bonds. The Morgan fingerprint density at radius 2 is 1.95 bits per heavy atom. The van der Waals surface area contributed by atoms with Gasteiger partial charge in [0.05, 0.1) is 11.9 Å². The smallest absolute Gasteiger partial charge is 0.229 e. The Balaban J connectivity index is 2.27. The standard InChI is InChI=1S/C16H15N5O/c1-20(11-5-4-6-12(22)9-11)15-13-7-2-3-8-14(13)21(10-17)16(18)19-15/h2-10,17-18,22H,1H3. The summed E-state index contributed by atoms with van der Waals surface area (Å²) in [7, 11) is 1.83. The van der Waals surface area contributed by atoms with E-state index in [-0.39, 0.29) is 11.4 Å². The van der Waals surface area contributed by atoms with Gasteiger partial charge in [0, 0.05) is 24.2 Å². The van der Waals surface area contributed by atoms with Gasteiger partial charge in [-0.15, -0.1) is 0 Å². The van der Waals surface area contributed by atoms with Gasteiger partial charge in [-0.3, -0.25) is 15.4 Å². The van der Waals surface area contributed by atoms with Crippen molar-refractivity contribution in [2.75, 3.05) is 11.9 Å². The number of phenols is 1. The molecule has 1 heterocycles. The highest BCUT2D eigenvalue weighted by Crippen LogP contribution is 2.29. The molecule has 3 rings (SSSR count). The Kier molecular flexibility index (Phi) is 3.34. The number of nitrogens with zero attached hydrogens (tertiary/aromatic N) is 3. The van der Waals surface area contributed by atoms with Crippen molar-refractivity contribution < 1.29 is 5.11 Å². The molecule has 3 N–H and O–H groups in total. The molecule has 0 atom stereocenters. The molecular weight excluding hydrogens is 278 g/mol. The van der Waals surface area contributed by atoms with Crippen LogP contribution in [0.25, 0.3) is 10.9 Å². The van der Waals surface area contributed by atoms with Crippen molar-refractivity contribution in [2.24, 2.45) is 0 Å². The fourth-order valence-electron chi connectivity index (χ4n) is 2.41. The number of fused-ring (bicyclic) bond motifs is 1. The number of para-hydroxylation sites is 1. The van der Waals surface area contributed by atoms with Crippen LogP contribution in [0, 0.1) is 10.8 Å². The van der Waals surface area contributed by atoms with Gasteiger partial charge in [0.15, 0.2) is 0 Å². The van der Waals surface area contributed by atoms with Gasteiger partial charge in [0.25, 0.3) is 0 Å². The van der Waals surface area contributed by atoms with E-state index in [4.69, 9.17) is 10.8 Å². The van der Waals surface area contributed by atoms with Crippen molar-refractivity contribution in [1.82, 2.24) is 9.55 Å². The highest BCUT2D eigenvalue weighted by Gasteiger charge is 2.13. The Morgan fingerprint density at radius 3 is 2.68 bits per heavy atom. The first kappa shape index (κ1) is 13.8. The van der Waals surface area contributed by atoms with Crippen LogP contribution in [0.3, 0.4) is 0 Å². The molecule has 0 aliphatic heterocycles. The third-order valence-electron chi connectivity index (χ3n) is 3.51. The van der Waals surface area contributed by atoms with Crippen molar-refractivity contribution in [3.63, 3.8) is 0 Å². The van der Waals surface area contributed by atoms with Crippen molar-refractivity contribution in [1.29, 1.82) is 10.8 Å². The summed E-state index contributed by atoms with van der Waals surface area (Å²) in [6.07, 6.45) is 1.08. The normalized spacial score (nSPS) is 10.6. The van der Waals surface area contributed by atoms with E-state index in [1.807, 2.05) is 42.3 Å². The number of aromatic hydroxyl groups is 1. The molecule has 0 bridgehead atoms. The molecule has 0 aliphatic carbocycles. The SMILES string of the molecule is CN(c1cccc(O)c1)c1nc(=N)n(C=N)c2ccccc12. The van der Waals surface area contributed by atoms with Crippen LogP contribution in [0.2, 0.25) is 0 Å². The summed E-state index contributed by atoms with van der Waals surface area (Å²) >= 11 is 0. The first-order valence-corrected chi connectivity index (χ1v) is 6.71. The van der Waals surface area contributed by atoms with Crippen LogP contribution in [-0.2, 0) is 0 Å². The van der Waals surface area contributed by atoms with Gasteiger partial charge in [-0.25, -0.2) is 0 Å². The summed E-state index contributed by atoms with van der Waals surface area (Å²) in [5.74, 6) is 0.773. The van der Waals surface area contributed by atoms with E-state index in [1.165, 1.54) is 4.57 Å². The number of phenolic OH excluding ortho intramolecular Hbond substituents is 1. The van der Waals surface area contributed by atoms with E-state index in [0.717, 1.165) is 22.9 Å². The van der Waals surface area contributed by atoms with Crippen LogP contribution in [0.4, 0.5) is 11.5 Å². The molecule has 2 aromatic carbocycles. The lowest BCUT2D eigenvalue weighted by atomic mass is 10.2. The fraction of sp³-hybridized carbons (Fsp3) is 0.0625. The van der Waals surface area contributed by atoms with E-state index in [1.54, 1.807) is 18.2 Å². The summed E-state index contributed by atoms with van der Waals surface area (Å²) in [5, 5.41) is 26.0. The number of benzene rings is 2. The molecule has 0 saturated carbocycles. The minimum Gasteiger partial charge on any atom is -0.508 e. The Morgan fingerprint density at radius 1 is 1.18 bits per heavy atom. The number of anilines is 2. The second-order valence-corrected chi connectivity index (χ2v) is 4.85. The topological polar surface area (TPSA) is 89.0 Å². The summed E-state index contributed by atoms with van der Waals surface area (Å²) < 4.78 is 1.41. The highest BCUT2D eigenvalue weighted by atomic mass is 16.3. The number of aromatic nitrogens is 2. The maximum Gasteiger partial charge on any atom is 0.229 e. The van der Waals surface area contributed by atoms with Crippen molar-refractivity contribution in [3.05, 3.63) is 54.1 Å². The molecule has 22 heavy (non-hydrogen) atoms. The zero-order valence-corrected chi connectivity index (χ0v) is 12.0. The molecule has 110 valence electrons. The molecule has 3 aromatic rings. The zero-order chi connectivity index (χ0) is 15.7. The molecule has 0 radical (unpaired) electrons. The average Bonchev–Trinajstić information content (AvgIpc) is 2.53. The molecular formula is C16H15N5O. The van der Waals surface area contributed by atoms with Gasteiger partial charge in [-0.1, -0.05) is 18.2 Å². The molecule has 0 unspecified atom stereocenters. The fourth-order valence-corrected chi connectivity index (χ4v) is 2.41. The zero-order valence-electron chi connectivity index (χ0n) is 12.0. The van der Waals surface area contributed by atoms with Crippen LogP contribution in [0.5, 0.6) is 5.75 Å². The lowest BCUT2D eigenvalue weighted by Crippen LogP contribution is -2.26. The molecule has 1 aromatic heterocycles. The Hall–Kier alpha value is -3.15. The first-order chi connectivity index (χ1) is 10.6. The number of rotatable bonds is 3. The maximum absolute atomic E-state index is 9.64. The molecule has 0 fully saturated rings. The predicted molar refractivity (Wildman–Crippen MR) is 85.9 cm³/mol. The molecule has 0 spiro atoms. The summed E-state index contributed by atoms with van der Waals surface area (Å²) in [6, 6.07) is 14.4. The first-order valence-electron chi connectivity index (χ1n) is 6.71. The van der Waals surface area contributed by atoms with Gasteiger partial charge >= 0.3 is 0 Å². The van der Waals surface area contributed by atoms with Crippen LogP contribution < -0.4 is 10.5 Å². The summed E-state index contributed by atoms with van der Waals surface area (Å²) in [6.45, 7) is 0. The minimum absolute atomic E-state index is 0.0179. The van der Waals surface area contributed by atoms with Gasteiger partial charge < -0.3 is 10.0 Å². The summed E-state index contributed by atoms with van der Waals surface area (Å²) in [4.78, 5) is 6.11. The van der Waals surface area contributed by atoms with Gasteiger partial charge in [0.1, 0.15) is 11.6 Å². The van der Waals surface area contributed by atoms with Crippen LogP contribution >= 0.6 is 0 Å². The van der Waals surface area contributed by atoms with Crippen LogP contribution in [0.1, 0.15) is 0 Å². The summed E-state index contributed by atoms with van der Waals surface area (Å²) in [5.41, 5.74) is 1.49. The van der Waals surface area contributed by atoms with Gasteiger partial charge in [-0.05, 0) is 24.3 Å². The maximum atomic E-state index is 9.64. The lowest BCUT2D eigenvalue weighted by Gasteiger charge is -2.21. The average molecular weight is 293 g/mol. The number of hydrogen-bond donors (Lipinski definition) is 3. The van der Waals surface area contributed by atoms with E-state index >= 15 is 0 Å². The van der Waals surface area contributed by atoms with Crippen molar-refractivity contribution in [3.8, 4) is 5.75 Å². The number of hydrogen-bond acceptors (Lipinski definition) is 5. The molecule has 0 saturated heterocycles. The van der Waals surface area contributed by atoms with E-state index in [9.17, 15) is 5.11 Å². The highest BCUT2D eigenvalue weighted by molar-refractivity contribution is 5.94.